The number of ether oxygens (including phenoxy) is 1. The topological polar surface area (TPSA) is 67.6 Å². The molecular formula is C12H23N3O2. The third-order valence-electron chi connectivity index (χ3n) is 3.90. The Morgan fingerprint density at radius 1 is 1.53 bits per heavy atom. The van der Waals surface area contributed by atoms with Crippen molar-refractivity contribution in [1.82, 2.24) is 10.2 Å². The second-order valence-electron chi connectivity index (χ2n) is 5.04. The van der Waals surface area contributed by atoms with Crippen LogP contribution in [0.15, 0.2) is 0 Å². The molecule has 17 heavy (non-hydrogen) atoms. The van der Waals surface area contributed by atoms with E-state index in [0.717, 1.165) is 13.0 Å². The third-order valence-corrected chi connectivity index (χ3v) is 3.90. The number of nitrogens with one attached hydrogen (secondary N) is 1. The van der Waals surface area contributed by atoms with E-state index >= 15 is 0 Å². The van der Waals surface area contributed by atoms with Crippen molar-refractivity contribution < 1.29 is 9.53 Å². The molecule has 0 saturated carbocycles. The Balaban J connectivity index is 1.78. The first kappa shape index (κ1) is 12.8. The maximum atomic E-state index is 11.9. The minimum absolute atomic E-state index is 0.0270. The average Bonchev–Trinajstić information content (AvgIpc) is 2.90. The van der Waals surface area contributed by atoms with E-state index in [0.29, 0.717) is 25.1 Å². The van der Waals surface area contributed by atoms with Crippen LogP contribution in [0.2, 0.25) is 0 Å². The summed E-state index contributed by atoms with van der Waals surface area (Å²) in [7, 11) is 1.62. The molecule has 0 aromatic heterocycles. The zero-order chi connectivity index (χ0) is 12.3. The molecule has 2 heterocycles. The molecule has 0 bridgehead atoms. The van der Waals surface area contributed by atoms with Crippen LogP contribution in [-0.4, -0.2) is 55.7 Å². The van der Waals surface area contributed by atoms with E-state index in [-0.39, 0.29) is 5.91 Å². The largest absolute Gasteiger partial charge is 0.385 e. The van der Waals surface area contributed by atoms with Gasteiger partial charge in [0.2, 0.25) is 5.91 Å². The van der Waals surface area contributed by atoms with Gasteiger partial charge in [0.1, 0.15) is 0 Å². The van der Waals surface area contributed by atoms with Crippen LogP contribution in [0, 0.1) is 0 Å². The molecule has 2 saturated heterocycles. The van der Waals surface area contributed by atoms with Crippen molar-refractivity contribution in [2.24, 2.45) is 5.73 Å². The van der Waals surface area contributed by atoms with Crippen molar-refractivity contribution in [2.45, 2.75) is 43.8 Å². The van der Waals surface area contributed by atoms with Crippen LogP contribution in [0.25, 0.3) is 0 Å². The highest BCUT2D eigenvalue weighted by molar-refractivity contribution is 5.81. The zero-order valence-electron chi connectivity index (χ0n) is 10.5. The zero-order valence-corrected chi connectivity index (χ0v) is 10.5. The minimum Gasteiger partial charge on any atom is -0.385 e. The predicted molar refractivity (Wildman–Crippen MR) is 65.6 cm³/mol. The number of carbonyl (C=O) groups is 1. The van der Waals surface area contributed by atoms with Gasteiger partial charge in [-0.05, 0) is 32.2 Å². The summed E-state index contributed by atoms with van der Waals surface area (Å²) < 4.78 is 4.93. The fourth-order valence-electron chi connectivity index (χ4n) is 2.92. The number of rotatable bonds is 5. The first-order valence-electron chi connectivity index (χ1n) is 6.51. The lowest BCUT2D eigenvalue weighted by molar-refractivity contribution is -0.123. The number of nitrogens with zero attached hydrogens (tertiary/aromatic N) is 1. The van der Waals surface area contributed by atoms with Gasteiger partial charge in [0, 0.05) is 32.3 Å². The van der Waals surface area contributed by atoms with E-state index in [2.05, 4.69) is 10.2 Å². The smallest absolute Gasteiger partial charge is 0.237 e. The monoisotopic (exact) mass is 241 g/mol. The third kappa shape index (κ3) is 2.97. The Morgan fingerprint density at radius 3 is 3.12 bits per heavy atom. The Bertz CT molecular complexity index is 272. The van der Waals surface area contributed by atoms with Crippen LogP contribution >= 0.6 is 0 Å². The Morgan fingerprint density at radius 2 is 2.35 bits per heavy atom. The van der Waals surface area contributed by atoms with Crippen LogP contribution in [0.5, 0.6) is 0 Å². The molecule has 0 spiro atoms. The summed E-state index contributed by atoms with van der Waals surface area (Å²) in [6.07, 6.45) is 4.11. The highest BCUT2D eigenvalue weighted by Crippen LogP contribution is 2.27. The summed E-state index contributed by atoms with van der Waals surface area (Å²) in [5, 5.41) is 3.10. The maximum absolute atomic E-state index is 11.9. The summed E-state index contributed by atoms with van der Waals surface area (Å²) in [4.78, 5) is 14.4. The molecule has 98 valence electrons. The number of nitrogens with two attached hydrogens (primary N) is 1. The van der Waals surface area contributed by atoms with Gasteiger partial charge in [0.25, 0.3) is 0 Å². The molecule has 2 aliphatic rings. The highest BCUT2D eigenvalue weighted by Gasteiger charge is 2.38. The molecule has 0 aliphatic carbocycles. The van der Waals surface area contributed by atoms with Gasteiger partial charge in [0.05, 0.1) is 6.04 Å². The van der Waals surface area contributed by atoms with Crippen LogP contribution in [0.4, 0.5) is 0 Å². The molecule has 3 unspecified atom stereocenters. The summed E-state index contributed by atoms with van der Waals surface area (Å²) in [5.41, 5.74) is 5.81. The van der Waals surface area contributed by atoms with E-state index < -0.39 is 6.04 Å². The normalized spacial score (nSPS) is 30.2. The van der Waals surface area contributed by atoms with Gasteiger partial charge in [0.15, 0.2) is 0 Å². The van der Waals surface area contributed by atoms with Crippen LogP contribution < -0.4 is 11.1 Å². The molecule has 3 atom stereocenters. The second kappa shape index (κ2) is 5.80. The number of amides is 1. The summed E-state index contributed by atoms with van der Waals surface area (Å²) >= 11 is 0. The van der Waals surface area contributed by atoms with Crippen LogP contribution in [0.3, 0.4) is 0 Å². The van der Waals surface area contributed by atoms with E-state index in [1.165, 1.54) is 19.4 Å². The molecule has 5 nitrogen and oxygen atoms in total. The number of hydrogen-bond acceptors (Lipinski definition) is 4. The van der Waals surface area contributed by atoms with Gasteiger partial charge in [-0.15, -0.1) is 0 Å². The number of fused-ring (bicyclic) bond motifs is 1. The standard InChI is InChI=1S/C12H23N3O2/c1-17-8-5-9(13)12(16)14-10-4-7-15-6-2-3-11(10)15/h9-11H,2-8,13H2,1H3,(H,14,16). The minimum atomic E-state index is -0.439. The fraction of sp³-hybridized carbons (Fsp3) is 0.917. The molecule has 0 radical (unpaired) electrons. The van der Waals surface area contributed by atoms with Gasteiger partial charge in [-0.25, -0.2) is 0 Å². The molecule has 2 aliphatic heterocycles. The van der Waals surface area contributed by atoms with Crippen molar-refractivity contribution in [1.29, 1.82) is 0 Å². The van der Waals surface area contributed by atoms with E-state index in [1.54, 1.807) is 7.11 Å². The first-order chi connectivity index (χ1) is 8.22. The van der Waals surface area contributed by atoms with E-state index in [4.69, 9.17) is 10.5 Å². The van der Waals surface area contributed by atoms with Gasteiger partial charge >= 0.3 is 0 Å². The molecule has 3 N–H and O–H groups in total. The van der Waals surface area contributed by atoms with E-state index in [9.17, 15) is 4.79 Å². The van der Waals surface area contributed by atoms with Crippen molar-refractivity contribution in [3.63, 3.8) is 0 Å². The first-order valence-corrected chi connectivity index (χ1v) is 6.51. The number of methoxy groups -OCH3 is 1. The summed E-state index contributed by atoms with van der Waals surface area (Å²) in [6.45, 7) is 2.84. The lowest BCUT2D eigenvalue weighted by atomic mass is 10.1. The quantitative estimate of drug-likeness (QED) is 0.693. The van der Waals surface area contributed by atoms with Crippen molar-refractivity contribution in [3.05, 3.63) is 0 Å². The predicted octanol–water partition coefficient (Wildman–Crippen LogP) is -0.297. The molecular weight excluding hydrogens is 218 g/mol. The van der Waals surface area contributed by atoms with Gasteiger partial charge in [-0.3, -0.25) is 9.69 Å². The number of hydrogen-bond donors (Lipinski definition) is 2. The molecule has 2 rings (SSSR count). The Hall–Kier alpha value is -0.650. The molecule has 0 aromatic rings. The van der Waals surface area contributed by atoms with Crippen LogP contribution in [-0.2, 0) is 9.53 Å². The van der Waals surface area contributed by atoms with Crippen molar-refractivity contribution >= 4 is 5.91 Å². The average molecular weight is 241 g/mol. The Kier molecular flexibility index (Phi) is 4.36. The maximum Gasteiger partial charge on any atom is 0.237 e. The lowest BCUT2D eigenvalue weighted by Gasteiger charge is -2.22. The molecule has 5 heteroatoms. The van der Waals surface area contributed by atoms with Crippen molar-refractivity contribution in [2.75, 3.05) is 26.8 Å². The Labute approximate surface area is 103 Å². The highest BCUT2D eigenvalue weighted by atomic mass is 16.5. The second-order valence-corrected chi connectivity index (χ2v) is 5.04. The fourth-order valence-corrected chi connectivity index (χ4v) is 2.92. The lowest BCUT2D eigenvalue weighted by Crippen LogP contribution is -2.49. The van der Waals surface area contributed by atoms with Gasteiger partial charge in [-0.1, -0.05) is 0 Å². The van der Waals surface area contributed by atoms with E-state index in [1.807, 2.05) is 0 Å². The van der Waals surface area contributed by atoms with Crippen LogP contribution in [0.1, 0.15) is 25.7 Å². The number of carbonyl (C=O) groups excluding carboxylic acids is 1. The molecule has 1 amide bonds. The summed E-state index contributed by atoms with van der Waals surface area (Å²) in [5.74, 6) is -0.0270. The van der Waals surface area contributed by atoms with Gasteiger partial charge in [-0.2, -0.15) is 0 Å². The molecule has 0 aromatic carbocycles. The molecule has 2 fully saturated rings. The van der Waals surface area contributed by atoms with Crippen molar-refractivity contribution in [3.8, 4) is 0 Å². The summed E-state index contributed by atoms with van der Waals surface area (Å²) in [6, 6.07) is 0.414. The SMILES string of the molecule is COCCC(N)C(=O)NC1CCN2CCCC12. The van der Waals surface area contributed by atoms with Gasteiger partial charge < -0.3 is 15.8 Å².